The third-order valence-electron chi connectivity index (χ3n) is 13.8. The summed E-state index contributed by atoms with van der Waals surface area (Å²) in [7, 11) is 3.85. The Labute approximate surface area is 369 Å². The van der Waals surface area contributed by atoms with Gasteiger partial charge in [-0.15, -0.1) is 0 Å². The SMILES string of the molecule is CC[C@H]1OC(=O)[C@@H](C)[C@H]2OCC(=NOCc3cccc(-c4ccc(F)nc4)n3)CO[C@](C)(C[C@@H](C)C3=NCCN4C(=O)O[C@@]1(C)[C@H]4[C@H]3C)[C@H](O[C@H]1O[C@@H](C)C[C@@H](N(C)C)[C@@H]1O)[C@H]2C. The van der Waals surface area contributed by atoms with Crippen molar-refractivity contribution in [3.8, 4) is 11.3 Å². The molecule has 7 rings (SSSR count). The maximum atomic E-state index is 14.6. The highest BCUT2D eigenvalue weighted by Gasteiger charge is 2.60. The zero-order valence-corrected chi connectivity index (χ0v) is 38.2. The van der Waals surface area contributed by atoms with Crippen molar-refractivity contribution >= 4 is 23.5 Å². The third kappa shape index (κ3) is 9.64. The van der Waals surface area contributed by atoms with E-state index in [4.69, 9.17) is 38.3 Å². The van der Waals surface area contributed by atoms with Gasteiger partial charge in [-0.3, -0.25) is 14.7 Å². The minimum Gasteiger partial charge on any atom is -0.458 e. The number of fused-ring (bicyclic) bond motifs is 4. The highest BCUT2D eigenvalue weighted by atomic mass is 19.1. The Bertz CT molecular complexity index is 2010. The summed E-state index contributed by atoms with van der Waals surface area (Å²) < 4.78 is 53.4. The number of aliphatic hydroxyl groups is 1. The Hall–Kier alpha value is -4.13. The van der Waals surface area contributed by atoms with E-state index < -0.39 is 77.8 Å². The van der Waals surface area contributed by atoms with Crippen LogP contribution in [0.1, 0.15) is 80.3 Å². The van der Waals surface area contributed by atoms with E-state index in [9.17, 15) is 19.1 Å². The number of carbonyl (C=O) groups excluding carboxylic acids is 2. The molecule has 0 spiro atoms. The average Bonchev–Trinajstić information content (AvgIpc) is 3.39. The quantitative estimate of drug-likeness (QED) is 0.202. The molecule has 7 heterocycles. The Morgan fingerprint density at radius 1 is 1.06 bits per heavy atom. The molecule has 0 radical (unpaired) electrons. The summed E-state index contributed by atoms with van der Waals surface area (Å²) >= 11 is 0. The van der Waals surface area contributed by atoms with Crippen molar-refractivity contribution in [3.05, 3.63) is 48.2 Å². The molecular weight excluding hydrogens is 816 g/mol. The topological polar surface area (TPSA) is 176 Å². The molecule has 346 valence electrons. The lowest BCUT2D eigenvalue weighted by molar-refractivity contribution is -0.302. The normalized spacial score (nSPS) is 38.5. The Kier molecular flexibility index (Phi) is 14.2. The summed E-state index contributed by atoms with van der Waals surface area (Å²) in [6, 6.07) is 7.62. The van der Waals surface area contributed by atoms with Crippen molar-refractivity contribution in [2.45, 2.75) is 141 Å². The predicted molar refractivity (Wildman–Crippen MR) is 230 cm³/mol. The first-order valence-corrected chi connectivity index (χ1v) is 22.3. The molecule has 2 aromatic rings. The van der Waals surface area contributed by atoms with Crippen molar-refractivity contribution in [2.75, 3.05) is 40.4 Å². The summed E-state index contributed by atoms with van der Waals surface area (Å²) in [4.78, 5) is 51.3. The van der Waals surface area contributed by atoms with Crippen LogP contribution >= 0.6 is 0 Å². The molecule has 0 aliphatic carbocycles. The van der Waals surface area contributed by atoms with E-state index in [-0.39, 0.29) is 43.8 Å². The number of aromatic nitrogens is 2. The first-order valence-electron chi connectivity index (χ1n) is 22.3. The van der Waals surface area contributed by atoms with Crippen LogP contribution < -0.4 is 0 Å². The van der Waals surface area contributed by atoms with Crippen molar-refractivity contribution in [1.82, 2.24) is 19.8 Å². The van der Waals surface area contributed by atoms with E-state index >= 15 is 0 Å². The molecule has 16 nitrogen and oxygen atoms in total. The number of likely N-dealkylation sites (N-methyl/N-ethyl adjacent to an activating group) is 1. The van der Waals surface area contributed by atoms with Crippen LogP contribution in [-0.2, 0) is 44.7 Å². The lowest BCUT2D eigenvalue weighted by Gasteiger charge is -2.48. The number of nitrogens with zero attached hydrogens (tertiary/aromatic N) is 6. The van der Waals surface area contributed by atoms with Gasteiger partial charge in [-0.05, 0) is 91.2 Å². The van der Waals surface area contributed by atoms with Crippen LogP contribution in [0.2, 0.25) is 0 Å². The highest BCUT2D eigenvalue weighted by molar-refractivity contribution is 5.91. The van der Waals surface area contributed by atoms with Crippen LogP contribution in [0.3, 0.4) is 0 Å². The second-order valence-corrected chi connectivity index (χ2v) is 18.7. The number of aliphatic hydroxyl groups excluding tert-OH is 1. The minimum absolute atomic E-state index is 0.00827. The van der Waals surface area contributed by atoms with E-state index in [0.717, 1.165) is 5.71 Å². The maximum absolute atomic E-state index is 14.6. The molecule has 63 heavy (non-hydrogen) atoms. The molecule has 4 saturated heterocycles. The second kappa shape index (κ2) is 19.1. The first kappa shape index (κ1) is 46.9. The van der Waals surface area contributed by atoms with E-state index in [0.29, 0.717) is 55.0 Å². The summed E-state index contributed by atoms with van der Waals surface area (Å²) in [5.41, 5.74) is 0.840. The number of halogens is 1. The van der Waals surface area contributed by atoms with Crippen LogP contribution in [0.4, 0.5) is 9.18 Å². The second-order valence-electron chi connectivity index (χ2n) is 18.7. The van der Waals surface area contributed by atoms with Crippen molar-refractivity contribution in [3.63, 3.8) is 0 Å². The summed E-state index contributed by atoms with van der Waals surface area (Å²) in [6.07, 6.45) is -2.30. The standard InChI is InChI=1S/C46H65FN6O10/c1-11-35-46(8)40-27(4)37(48-17-18-53(40)44(56)63-46)25(2)20-45(7)41(62-43-38(54)34(52(9)10)19-26(3)60-43)28(5)39(29(6)42(55)61-35)57-22-32(23-58-45)51-59-24-31-13-12-14-33(50-31)30-15-16-36(47)49-21-30/h12-16,21,25-29,34-35,38-41,43,54H,11,17-20,22-24H2,1-10H3/t25-,26+,27+,28+,29+,34-,35-,38+,39+,40-,41-,43-,45-,46-/m1/s1. The van der Waals surface area contributed by atoms with Crippen LogP contribution in [-0.4, -0.2) is 149 Å². The van der Waals surface area contributed by atoms with Crippen molar-refractivity contribution in [1.29, 1.82) is 0 Å². The monoisotopic (exact) mass is 880 g/mol. The number of carbonyl (C=O) groups is 2. The van der Waals surface area contributed by atoms with Gasteiger partial charge in [0.15, 0.2) is 18.5 Å². The molecule has 5 aliphatic heterocycles. The molecule has 5 aliphatic rings. The van der Waals surface area contributed by atoms with Gasteiger partial charge in [0.25, 0.3) is 0 Å². The molecule has 4 fully saturated rings. The number of cyclic esters (lactones) is 1. The molecular formula is C46H65FN6O10. The van der Waals surface area contributed by atoms with Gasteiger partial charge in [-0.1, -0.05) is 38.9 Å². The zero-order chi connectivity index (χ0) is 45.4. The number of esters is 1. The Morgan fingerprint density at radius 3 is 2.56 bits per heavy atom. The average molecular weight is 881 g/mol. The fourth-order valence-electron chi connectivity index (χ4n) is 10.7. The number of hydrogen-bond donors (Lipinski definition) is 1. The summed E-state index contributed by atoms with van der Waals surface area (Å²) in [5.74, 6) is -3.00. The van der Waals surface area contributed by atoms with Gasteiger partial charge in [-0.25, -0.2) is 14.8 Å². The van der Waals surface area contributed by atoms with Gasteiger partial charge in [0.1, 0.15) is 17.9 Å². The largest absolute Gasteiger partial charge is 0.458 e. The smallest absolute Gasteiger partial charge is 0.410 e. The van der Waals surface area contributed by atoms with E-state index in [2.05, 4.69) is 29.0 Å². The molecule has 1 N–H and O–H groups in total. The predicted octanol–water partition coefficient (Wildman–Crippen LogP) is 5.44. The molecule has 0 saturated carbocycles. The zero-order valence-electron chi connectivity index (χ0n) is 38.2. The van der Waals surface area contributed by atoms with Crippen LogP contribution in [0.25, 0.3) is 11.3 Å². The van der Waals surface area contributed by atoms with Gasteiger partial charge in [0.2, 0.25) is 5.95 Å². The molecule has 1 amide bonds. The molecule has 0 aromatic carbocycles. The van der Waals surface area contributed by atoms with Gasteiger partial charge in [0, 0.05) is 41.9 Å². The highest BCUT2D eigenvalue weighted by Crippen LogP contribution is 2.45. The number of amides is 1. The van der Waals surface area contributed by atoms with E-state index in [1.165, 1.54) is 12.3 Å². The number of oxime groups is 1. The number of aliphatic imine (C=N–C) groups is 1. The van der Waals surface area contributed by atoms with Crippen molar-refractivity contribution < 1.29 is 52.3 Å². The van der Waals surface area contributed by atoms with Crippen molar-refractivity contribution in [2.24, 2.45) is 33.8 Å². The number of rotatable bonds is 8. The lowest BCUT2D eigenvalue weighted by Crippen LogP contribution is -2.60. The fraction of sp³-hybridized carbons (Fsp3) is 0.696. The first-order chi connectivity index (χ1) is 29.9. The number of hydrogen-bond acceptors (Lipinski definition) is 15. The molecule has 2 aromatic heterocycles. The maximum Gasteiger partial charge on any atom is 0.410 e. The van der Waals surface area contributed by atoms with E-state index in [1.54, 1.807) is 30.0 Å². The van der Waals surface area contributed by atoms with Gasteiger partial charge < -0.3 is 43.3 Å². The lowest BCUT2D eigenvalue weighted by atomic mass is 9.72. The minimum atomic E-state index is -1.16. The summed E-state index contributed by atoms with van der Waals surface area (Å²) in [5, 5.41) is 16.3. The van der Waals surface area contributed by atoms with Crippen LogP contribution in [0.15, 0.2) is 46.7 Å². The number of pyridine rings is 2. The fourth-order valence-corrected chi connectivity index (χ4v) is 10.7. The number of ether oxygens (including phenoxy) is 6. The third-order valence-corrected chi connectivity index (χ3v) is 13.8. The molecule has 14 atom stereocenters. The molecule has 0 unspecified atom stereocenters. The van der Waals surface area contributed by atoms with Gasteiger partial charge in [0.05, 0.1) is 67.0 Å². The Balaban J connectivity index is 1.28. The van der Waals surface area contributed by atoms with Gasteiger partial charge in [-0.2, -0.15) is 4.39 Å². The van der Waals surface area contributed by atoms with Crippen LogP contribution in [0, 0.1) is 29.6 Å². The molecule has 17 heteroatoms. The summed E-state index contributed by atoms with van der Waals surface area (Å²) in [6.45, 7) is 16.3. The van der Waals surface area contributed by atoms with E-state index in [1.807, 2.05) is 59.7 Å². The van der Waals surface area contributed by atoms with Gasteiger partial charge >= 0.3 is 12.1 Å². The Morgan fingerprint density at radius 2 is 1.84 bits per heavy atom. The molecule has 4 bridgehead atoms. The van der Waals surface area contributed by atoms with Crippen LogP contribution in [0.5, 0.6) is 0 Å².